The molecule has 2 rings (SSSR count). The number of amidine groups is 1. The monoisotopic (exact) mass is 384 g/mol. The zero-order valence-electron chi connectivity index (χ0n) is 11.0. The van der Waals surface area contributed by atoms with Crippen LogP contribution in [-0.2, 0) is 0 Å². The summed E-state index contributed by atoms with van der Waals surface area (Å²) in [5.41, 5.74) is 3.48. The van der Waals surface area contributed by atoms with Crippen LogP contribution in [0.1, 0.15) is 0 Å². The van der Waals surface area contributed by atoms with Crippen molar-refractivity contribution < 1.29 is 0 Å². The van der Waals surface area contributed by atoms with Crippen molar-refractivity contribution in [3.63, 3.8) is 0 Å². The molecule has 19 heavy (non-hydrogen) atoms. The van der Waals surface area contributed by atoms with Crippen molar-refractivity contribution in [2.45, 2.75) is 0 Å². The van der Waals surface area contributed by atoms with E-state index in [0.717, 1.165) is 10.9 Å². The first-order valence-electron chi connectivity index (χ1n) is 5.77. The van der Waals surface area contributed by atoms with E-state index in [1.807, 2.05) is 18.4 Å². The smallest absolute Gasteiger partial charge is 0.160 e. The van der Waals surface area contributed by atoms with Crippen molar-refractivity contribution >= 4 is 46.6 Å². The van der Waals surface area contributed by atoms with Crippen LogP contribution in [0.15, 0.2) is 59.6 Å². The standard InChI is InChI=1S/C15H16N2S.HI/c1-16-15(18-2)17-14-11-7-6-10-13(14)12-8-4-3-5-9-12;/h3-11H,1-2H3,(H,16,17);1H. The van der Waals surface area contributed by atoms with Gasteiger partial charge in [-0.2, -0.15) is 0 Å². The first kappa shape index (κ1) is 16.0. The fraction of sp³-hybridized carbons (Fsp3) is 0.133. The quantitative estimate of drug-likeness (QED) is 0.460. The summed E-state index contributed by atoms with van der Waals surface area (Å²) in [7, 11) is 1.80. The van der Waals surface area contributed by atoms with Crippen LogP contribution in [0.5, 0.6) is 0 Å². The van der Waals surface area contributed by atoms with E-state index in [2.05, 4.69) is 52.8 Å². The van der Waals surface area contributed by atoms with Gasteiger partial charge in [0, 0.05) is 18.3 Å². The number of benzene rings is 2. The lowest BCUT2D eigenvalue weighted by molar-refractivity contribution is 1.45. The predicted octanol–water partition coefficient (Wildman–Crippen LogP) is 4.73. The normalized spacial score (nSPS) is 10.7. The highest BCUT2D eigenvalue weighted by Crippen LogP contribution is 2.28. The zero-order chi connectivity index (χ0) is 12.8. The Balaban J connectivity index is 0.00000180. The molecule has 0 aromatic heterocycles. The molecule has 0 aliphatic heterocycles. The van der Waals surface area contributed by atoms with Crippen LogP contribution in [-0.4, -0.2) is 18.5 Å². The van der Waals surface area contributed by atoms with Crippen LogP contribution in [0.4, 0.5) is 5.69 Å². The average Bonchev–Trinajstić information content (AvgIpc) is 2.46. The largest absolute Gasteiger partial charge is 0.334 e. The molecule has 0 saturated heterocycles. The molecule has 0 aliphatic rings. The van der Waals surface area contributed by atoms with Gasteiger partial charge in [0.15, 0.2) is 5.17 Å². The highest BCUT2D eigenvalue weighted by atomic mass is 127. The Hall–Kier alpha value is -1.01. The molecule has 4 heteroatoms. The minimum atomic E-state index is 0. The molecule has 0 bridgehead atoms. The van der Waals surface area contributed by atoms with E-state index >= 15 is 0 Å². The number of nitrogens with one attached hydrogen (secondary N) is 1. The maximum Gasteiger partial charge on any atom is 0.160 e. The molecule has 0 spiro atoms. The lowest BCUT2D eigenvalue weighted by Gasteiger charge is -2.12. The third-order valence-corrected chi connectivity index (χ3v) is 3.32. The van der Waals surface area contributed by atoms with Gasteiger partial charge in [0.1, 0.15) is 0 Å². The minimum absolute atomic E-state index is 0. The van der Waals surface area contributed by atoms with Gasteiger partial charge in [-0.05, 0) is 17.9 Å². The van der Waals surface area contributed by atoms with Crippen LogP contribution in [0, 0.1) is 0 Å². The van der Waals surface area contributed by atoms with Gasteiger partial charge in [-0.1, -0.05) is 60.3 Å². The van der Waals surface area contributed by atoms with Gasteiger partial charge >= 0.3 is 0 Å². The van der Waals surface area contributed by atoms with E-state index in [1.54, 1.807) is 18.8 Å². The van der Waals surface area contributed by atoms with Crippen LogP contribution in [0.25, 0.3) is 11.1 Å². The number of nitrogens with zero attached hydrogens (tertiary/aromatic N) is 1. The molecule has 2 nitrogen and oxygen atoms in total. The molecule has 2 aromatic carbocycles. The SMILES string of the molecule is CN=C(Nc1ccccc1-c1ccccc1)SC.I. The van der Waals surface area contributed by atoms with Gasteiger partial charge in [-0.3, -0.25) is 4.99 Å². The van der Waals surface area contributed by atoms with Crippen molar-refractivity contribution in [2.75, 3.05) is 18.6 Å². The summed E-state index contributed by atoms with van der Waals surface area (Å²) in [6.07, 6.45) is 2.01. The number of halogens is 1. The second-order valence-corrected chi connectivity index (χ2v) is 4.56. The number of thioether (sulfide) groups is 1. The Bertz CT molecular complexity index is 541. The molecule has 0 radical (unpaired) electrons. The maximum absolute atomic E-state index is 4.21. The van der Waals surface area contributed by atoms with Crippen molar-refractivity contribution in [3.05, 3.63) is 54.6 Å². The molecular weight excluding hydrogens is 367 g/mol. The molecule has 0 atom stereocenters. The molecule has 0 unspecified atom stereocenters. The molecule has 0 heterocycles. The topological polar surface area (TPSA) is 24.4 Å². The zero-order valence-corrected chi connectivity index (χ0v) is 14.1. The maximum atomic E-state index is 4.21. The highest BCUT2D eigenvalue weighted by molar-refractivity contribution is 14.0. The van der Waals surface area contributed by atoms with Gasteiger partial charge in [-0.25, -0.2) is 0 Å². The Labute approximate surface area is 135 Å². The molecule has 0 saturated carbocycles. The van der Waals surface area contributed by atoms with Crippen molar-refractivity contribution in [1.82, 2.24) is 0 Å². The second kappa shape index (κ2) is 8.22. The van der Waals surface area contributed by atoms with Gasteiger partial charge in [-0.15, -0.1) is 24.0 Å². The van der Waals surface area contributed by atoms with Crippen molar-refractivity contribution in [1.29, 1.82) is 0 Å². The Morgan fingerprint density at radius 2 is 1.63 bits per heavy atom. The Morgan fingerprint density at radius 1 is 1.00 bits per heavy atom. The number of hydrogen-bond acceptors (Lipinski definition) is 2. The molecular formula is C15H17IN2S. The highest BCUT2D eigenvalue weighted by Gasteiger charge is 2.05. The van der Waals surface area contributed by atoms with Gasteiger partial charge < -0.3 is 5.32 Å². The van der Waals surface area contributed by atoms with E-state index in [9.17, 15) is 0 Å². The number of para-hydroxylation sites is 1. The molecule has 0 fully saturated rings. The molecule has 2 aromatic rings. The fourth-order valence-electron chi connectivity index (χ4n) is 1.77. The number of rotatable bonds is 2. The first-order valence-corrected chi connectivity index (χ1v) is 7.00. The Kier molecular flexibility index (Phi) is 6.94. The van der Waals surface area contributed by atoms with E-state index in [1.165, 1.54) is 11.1 Å². The fourth-order valence-corrected chi connectivity index (χ4v) is 2.17. The summed E-state index contributed by atoms with van der Waals surface area (Å²) in [5.74, 6) is 0. The van der Waals surface area contributed by atoms with Crippen molar-refractivity contribution in [2.24, 2.45) is 4.99 Å². The first-order chi connectivity index (χ1) is 8.85. The number of anilines is 1. The lowest BCUT2D eigenvalue weighted by atomic mass is 10.0. The molecule has 100 valence electrons. The second-order valence-electron chi connectivity index (χ2n) is 3.77. The lowest BCUT2D eigenvalue weighted by Crippen LogP contribution is -2.07. The van der Waals surface area contributed by atoms with Gasteiger partial charge in [0.2, 0.25) is 0 Å². The summed E-state index contributed by atoms with van der Waals surface area (Å²) >= 11 is 1.61. The van der Waals surface area contributed by atoms with Crippen LogP contribution < -0.4 is 5.32 Å². The van der Waals surface area contributed by atoms with Crippen LogP contribution in [0.2, 0.25) is 0 Å². The van der Waals surface area contributed by atoms with Gasteiger partial charge in [0.05, 0.1) is 0 Å². The van der Waals surface area contributed by atoms with Gasteiger partial charge in [0.25, 0.3) is 0 Å². The molecule has 0 aliphatic carbocycles. The Morgan fingerprint density at radius 3 is 2.26 bits per heavy atom. The summed E-state index contributed by atoms with van der Waals surface area (Å²) in [6, 6.07) is 18.6. The average molecular weight is 384 g/mol. The molecule has 0 amide bonds. The van der Waals surface area contributed by atoms with E-state index in [-0.39, 0.29) is 24.0 Å². The summed E-state index contributed by atoms with van der Waals surface area (Å²) in [4.78, 5) is 4.21. The third-order valence-electron chi connectivity index (χ3n) is 2.65. The minimum Gasteiger partial charge on any atom is -0.334 e. The van der Waals surface area contributed by atoms with Crippen LogP contribution in [0.3, 0.4) is 0 Å². The van der Waals surface area contributed by atoms with Crippen molar-refractivity contribution in [3.8, 4) is 11.1 Å². The van der Waals surface area contributed by atoms with E-state index in [4.69, 9.17) is 0 Å². The molecule has 1 N–H and O–H groups in total. The van der Waals surface area contributed by atoms with E-state index in [0.29, 0.717) is 0 Å². The summed E-state index contributed by atoms with van der Waals surface area (Å²) in [5, 5.41) is 4.27. The number of aliphatic imine (C=N–C) groups is 1. The number of hydrogen-bond donors (Lipinski definition) is 1. The predicted molar refractivity (Wildman–Crippen MR) is 97.8 cm³/mol. The van der Waals surface area contributed by atoms with Crippen LogP contribution >= 0.6 is 35.7 Å². The van der Waals surface area contributed by atoms with E-state index < -0.39 is 0 Å². The summed E-state index contributed by atoms with van der Waals surface area (Å²) in [6.45, 7) is 0. The summed E-state index contributed by atoms with van der Waals surface area (Å²) < 4.78 is 0. The third kappa shape index (κ3) is 4.24.